The predicted octanol–water partition coefficient (Wildman–Crippen LogP) is 1.37. The lowest BCUT2D eigenvalue weighted by atomic mass is 10.1. The molecular weight excluding hydrogens is 304 g/mol. The fourth-order valence-electron chi connectivity index (χ4n) is 2.14. The Kier molecular flexibility index (Phi) is 4.65. The van der Waals surface area contributed by atoms with Gasteiger partial charge in [0.2, 0.25) is 10.0 Å². The van der Waals surface area contributed by atoms with Crippen molar-refractivity contribution in [1.29, 1.82) is 0 Å². The van der Waals surface area contributed by atoms with Crippen LogP contribution in [0.25, 0.3) is 0 Å². The maximum absolute atomic E-state index is 12.3. The van der Waals surface area contributed by atoms with E-state index in [1.807, 2.05) is 20.8 Å². The first kappa shape index (κ1) is 16.6. The minimum absolute atomic E-state index is 0.0139. The second kappa shape index (κ2) is 6.16. The number of para-hydroxylation sites is 2. The normalized spacial score (nSPS) is 19.3. The zero-order valence-electron chi connectivity index (χ0n) is 13.2. The molecule has 122 valence electrons. The van der Waals surface area contributed by atoms with Crippen molar-refractivity contribution in [1.82, 2.24) is 5.32 Å². The van der Waals surface area contributed by atoms with E-state index in [-0.39, 0.29) is 24.4 Å². The first-order valence-electron chi connectivity index (χ1n) is 7.24. The highest BCUT2D eigenvalue weighted by Gasteiger charge is 2.35. The van der Waals surface area contributed by atoms with E-state index in [0.717, 1.165) is 6.26 Å². The summed E-state index contributed by atoms with van der Waals surface area (Å²) in [5.41, 5.74) is 0.464. The van der Waals surface area contributed by atoms with Gasteiger partial charge < -0.3 is 10.1 Å². The van der Waals surface area contributed by atoms with Crippen LogP contribution in [-0.4, -0.2) is 39.3 Å². The molecule has 0 aliphatic carbocycles. The molecule has 0 spiro atoms. The van der Waals surface area contributed by atoms with Gasteiger partial charge in [0.05, 0.1) is 18.5 Å². The quantitative estimate of drug-likeness (QED) is 0.907. The van der Waals surface area contributed by atoms with Gasteiger partial charge in [-0.05, 0) is 25.0 Å². The van der Waals surface area contributed by atoms with Gasteiger partial charge in [0.1, 0.15) is 5.75 Å². The maximum atomic E-state index is 12.3. The maximum Gasteiger partial charge on any atom is 0.263 e. The highest BCUT2D eigenvalue weighted by molar-refractivity contribution is 7.92. The summed E-state index contributed by atoms with van der Waals surface area (Å²) >= 11 is 0. The van der Waals surface area contributed by atoms with Gasteiger partial charge in [-0.15, -0.1) is 0 Å². The van der Waals surface area contributed by atoms with Gasteiger partial charge in [-0.1, -0.05) is 26.0 Å². The molecule has 1 aliphatic heterocycles. The number of carbonyl (C=O) groups is 1. The van der Waals surface area contributed by atoms with Crippen LogP contribution in [-0.2, 0) is 14.8 Å². The van der Waals surface area contributed by atoms with Crippen LogP contribution in [0.15, 0.2) is 24.3 Å². The molecule has 0 fully saturated rings. The summed E-state index contributed by atoms with van der Waals surface area (Å²) in [5.74, 6) is 0.381. The van der Waals surface area contributed by atoms with E-state index in [1.54, 1.807) is 24.3 Å². The summed E-state index contributed by atoms with van der Waals surface area (Å²) < 4.78 is 30.9. The molecule has 1 amide bonds. The Labute approximate surface area is 131 Å². The van der Waals surface area contributed by atoms with Crippen molar-refractivity contribution in [3.8, 4) is 5.75 Å². The molecule has 22 heavy (non-hydrogen) atoms. The van der Waals surface area contributed by atoms with Gasteiger partial charge in [-0.2, -0.15) is 0 Å². The Morgan fingerprint density at radius 1 is 1.32 bits per heavy atom. The fraction of sp³-hybridized carbons (Fsp3) is 0.533. The van der Waals surface area contributed by atoms with Crippen LogP contribution in [0.2, 0.25) is 0 Å². The number of anilines is 1. The Balaban J connectivity index is 2.26. The molecule has 0 radical (unpaired) electrons. The SMILES string of the molecule is CC(C)[C@@H](C)NC(=O)[C@@H]1CN(S(C)(=O)=O)c2ccccc2O1. The number of hydrogen-bond donors (Lipinski definition) is 1. The van der Waals surface area contributed by atoms with Crippen molar-refractivity contribution < 1.29 is 17.9 Å². The predicted molar refractivity (Wildman–Crippen MR) is 85.5 cm³/mol. The van der Waals surface area contributed by atoms with Crippen LogP contribution in [0.4, 0.5) is 5.69 Å². The minimum atomic E-state index is -3.48. The molecule has 6 nitrogen and oxygen atoms in total. The molecule has 1 aromatic carbocycles. The molecule has 1 aromatic rings. The van der Waals surface area contributed by atoms with Crippen molar-refractivity contribution in [3.63, 3.8) is 0 Å². The van der Waals surface area contributed by atoms with Crippen LogP contribution in [0.1, 0.15) is 20.8 Å². The van der Waals surface area contributed by atoms with Crippen LogP contribution in [0.3, 0.4) is 0 Å². The largest absolute Gasteiger partial charge is 0.476 e. The van der Waals surface area contributed by atoms with E-state index in [1.165, 1.54) is 4.31 Å². The Bertz CT molecular complexity index is 657. The molecule has 1 N–H and O–H groups in total. The van der Waals surface area contributed by atoms with Crippen LogP contribution >= 0.6 is 0 Å². The van der Waals surface area contributed by atoms with Crippen LogP contribution in [0, 0.1) is 5.92 Å². The lowest BCUT2D eigenvalue weighted by Crippen LogP contribution is -2.52. The number of ether oxygens (including phenoxy) is 1. The summed E-state index contributed by atoms with van der Waals surface area (Å²) in [5, 5.41) is 2.87. The van der Waals surface area contributed by atoms with Crippen LogP contribution in [0.5, 0.6) is 5.75 Å². The third kappa shape index (κ3) is 3.52. The van der Waals surface area contributed by atoms with Gasteiger partial charge in [0, 0.05) is 6.04 Å². The summed E-state index contributed by atoms with van der Waals surface area (Å²) in [7, 11) is -3.48. The Morgan fingerprint density at radius 2 is 1.95 bits per heavy atom. The van der Waals surface area contributed by atoms with E-state index < -0.39 is 16.1 Å². The molecule has 1 aliphatic rings. The highest BCUT2D eigenvalue weighted by Crippen LogP contribution is 2.34. The van der Waals surface area contributed by atoms with Crippen molar-refractivity contribution in [3.05, 3.63) is 24.3 Å². The van der Waals surface area contributed by atoms with Gasteiger partial charge in [-0.3, -0.25) is 9.10 Å². The lowest BCUT2D eigenvalue weighted by molar-refractivity contribution is -0.128. The second-order valence-electron chi connectivity index (χ2n) is 5.91. The number of carbonyl (C=O) groups excluding carboxylic acids is 1. The van der Waals surface area contributed by atoms with E-state index in [9.17, 15) is 13.2 Å². The topological polar surface area (TPSA) is 75.7 Å². The van der Waals surface area contributed by atoms with Gasteiger partial charge in [-0.25, -0.2) is 8.42 Å². The van der Waals surface area contributed by atoms with Crippen molar-refractivity contribution in [2.45, 2.75) is 32.9 Å². The molecule has 2 atom stereocenters. The molecule has 0 aromatic heterocycles. The summed E-state index contributed by atoms with van der Waals surface area (Å²) in [6.45, 7) is 5.90. The number of nitrogens with one attached hydrogen (secondary N) is 1. The summed E-state index contributed by atoms with van der Waals surface area (Å²) in [6, 6.07) is 6.80. The van der Waals surface area contributed by atoms with E-state index in [2.05, 4.69) is 5.32 Å². The zero-order valence-corrected chi connectivity index (χ0v) is 14.1. The summed E-state index contributed by atoms with van der Waals surface area (Å²) in [6.07, 6.45) is 0.270. The molecule has 2 rings (SSSR count). The third-order valence-electron chi connectivity index (χ3n) is 3.80. The number of nitrogens with zero attached hydrogens (tertiary/aromatic N) is 1. The minimum Gasteiger partial charge on any atom is -0.476 e. The number of amides is 1. The van der Waals surface area contributed by atoms with E-state index in [0.29, 0.717) is 11.4 Å². The Morgan fingerprint density at radius 3 is 2.55 bits per heavy atom. The molecule has 1 heterocycles. The lowest BCUT2D eigenvalue weighted by Gasteiger charge is -2.34. The molecular formula is C15H22N2O4S. The average molecular weight is 326 g/mol. The number of rotatable bonds is 4. The smallest absolute Gasteiger partial charge is 0.263 e. The fourth-order valence-corrected chi connectivity index (χ4v) is 3.05. The number of sulfonamides is 1. The number of hydrogen-bond acceptors (Lipinski definition) is 4. The van der Waals surface area contributed by atoms with E-state index >= 15 is 0 Å². The molecule has 0 unspecified atom stereocenters. The molecule has 0 saturated heterocycles. The first-order chi connectivity index (χ1) is 10.2. The average Bonchev–Trinajstić information content (AvgIpc) is 2.44. The monoisotopic (exact) mass is 326 g/mol. The number of benzene rings is 1. The standard InChI is InChI=1S/C15H22N2O4S/c1-10(2)11(3)16-15(18)14-9-17(22(4,19)20)12-7-5-6-8-13(12)21-14/h5-8,10-11,14H,9H2,1-4H3,(H,16,18)/t11-,14+/m1/s1. The molecule has 0 bridgehead atoms. The third-order valence-corrected chi connectivity index (χ3v) is 4.94. The van der Waals surface area contributed by atoms with Crippen molar-refractivity contribution in [2.75, 3.05) is 17.1 Å². The van der Waals surface area contributed by atoms with Crippen LogP contribution < -0.4 is 14.4 Å². The highest BCUT2D eigenvalue weighted by atomic mass is 32.2. The van der Waals surface area contributed by atoms with E-state index in [4.69, 9.17) is 4.74 Å². The van der Waals surface area contributed by atoms with Crippen molar-refractivity contribution in [2.24, 2.45) is 5.92 Å². The van der Waals surface area contributed by atoms with Gasteiger partial charge >= 0.3 is 0 Å². The van der Waals surface area contributed by atoms with Gasteiger partial charge in [0.25, 0.3) is 5.91 Å². The second-order valence-corrected chi connectivity index (χ2v) is 7.82. The molecule has 7 heteroatoms. The summed E-state index contributed by atoms with van der Waals surface area (Å²) in [4.78, 5) is 12.3. The van der Waals surface area contributed by atoms with Crippen molar-refractivity contribution >= 4 is 21.6 Å². The number of fused-ring (bicyclic) bond motifs is 1. The van der Waals surface area contributed by atoms with Gasteiger partial charge in [0.15, 0.2) is 6.10 Å². The zero-order chi connectivity index (χ0) is 16.5. The Hall–Kier alpha value is -1.76. The molecule has 0 saturated carbocycles. The first-order valence-corrected chi connectivity index (χ1v) is 9.08.